The minimum Gasteiger partial charge on any atom is -0.462 e. The van der Waals surface area contributed by atoms with Crippen LogP contribution >= 0.6 is 0 Å². The van der Waals surface area contributed by atoms with Crippen molar-refractivity contribution >= 4 is 17.9 Å². The van der Waals surface area contributed by atoms with Crippen LogP contribution in [-0.4, -0.2) is 37.2 Å². The summed E-state index contributed by atoms with van der Waals surface area (Å²) >= 11 is 0. The fraction of sp³-hybridized carbons (Fsp3) is 0.857. The highest BCUT2D eigenvalue weighted by Crippen LogP contribution is 2.17. The van der Waals surface area contributed by atoms with Crippen molar-refractivity contribution in [1.29, 1.82) is 0 Å². The first kappa shape index (κ1) is 66.6. The van der Waals surface area contributed by atoms with Crippen molar-refractivity contribution in [3.8, 4) is 0 Å². The summed E-state index contributed by atoms with van der Waals surface area (Å²) in [7, 11) is 0. The zero-order valence-electron chi connectivity index (χ0n) is 46.3. The Morgan fingerprint density at radius 2 is 0.522 bits per heavy atom. The second-order valence-corrected chi connectivity index (χ2v) is 20.6. The predicted octanol–water partition coefficient (Wildman–Crippen LogP) is 20.4. The third-order valence-electron chi connectivity index (χ3n) is 13.6. The molecule has 6 nitrogen and oxygen atoms in total. The van der Waals surface area contributed by atoms with Crippen molar-refractivity contribution in [2.75, 3.05) is 13.2 Å². The van der Waals surface area contributed by atoms with Crippen LogP contribution in [0, 0.1) is 0 Å². The Morgan fingerprint density at radius 3 is 0.855 bits per heavy atom. The molecule has 0 aromatic heterocycles. The van der Waals surface area contributed by atoms with Gasteiger partial charge in [-0.3, -0.25) is 14.4 Å². The van der Waals surface area contributed by atoms with E-state index in [2.05, 4.69) is 57.2 Å². The van der Waals surface area contributed by atoms with Crippen LogP contribution < -0.4 is 0 Å². The Bertz CT molecular complexity index is 1160. The number of carbonyl (C=O) groups is 3. The number of esters is 3. The highest BCUT2D eigenvalue weighted by atomic mass is 16.6. The van der Waals surface area contributed by atoms with E-state index in [-0.39, 0.29) is 31.1 Å². The number of rotatable bonds is 56. The maximum absolute atomic E-state index is 12.9. The lowest BCUT2D eigenvalue weighted by molar-refractivity contribution is -0.167. The lowest BCUT2D eigenvalue weighted by Crippen LogP contribution is -2.30. The molecule has 0 aliphatic heterocycles. The number of ether oxygens (including phenoxy) is 3. The molecule has 0 fully saturated rings. The highest BCUT2D eigenvalue weighted by molar-refractivity contribution is 5.71. The van der Waals surface area contributed by atoms with E-state index in [4.69, 9.17) is 14.2 Å². The van der Waals surface area contributed by atoms with E-state index in [0.717, 1.165) is 64.2 Å². The summed E-state index contributed by atoms with van der Waals surface area (Å²) in [6.07, 6.45) is 69.9. The van der Waals surface area contributed by atoms with Gasteiger partial charge in [0.1, 0.15) is 13.2 Å². The van der Waals surface area contributed by atoms with Gasteiger partial charge in [-0.1, -0.05) is 269 Å². The van der Waals surface area contributed by atoms with Gasteiger partial charge in [-0.25, -0.2) is 0 Å². The Labute approximate surface area is 429 Å². The van der Waals surface area contributed by atoms with E-state index in [1.54, 1.807) is 0 Å². The maximum atomic E-state index is 12.9. The third kappa shape index (κ3) is 56.4. The molecule has 0 aromatic rings. The minimum absolute atomic E-state index is 0.0718. The number of unbranched alkanes of at least 4 members (excludes halogenated alkanes) is 39. The molecule has 0 bridgehead atoms. The van der Waals surface area contributed by atoms with Crippen LogP contribution in [0.25, 0.3) is 0 Å². The fourth-order valence-electron chi connectivity index (χ4n) is 9.00. The molecule has 0 spiro atoms. The molecule has 0 rings (SSSR count). The number of hydrogen-bond acceptors (Lipinski definition) is 6. The summed E-state index contributed by atoms with van der Waals surface area (Å²) in [6, 6.07) is 0. The van der Waals surface area contributed by atoms with Gasteiger partial charge in [0, 0.05) is 19.3 Å². The average Bonchev–Trinajstić information content (AvgIpc) is 3.35. The Morgan fingerprint density at radius 1 is 0.290 bits per heavy atom. The number of carbonyl (C=O) groups excluding carboxylic acids is 3. The van der Waals surface area contributed by atoms with E-state index in [9.17, 15) is 14.4 Å². The lowest BCUT2D eigenvalue weighted by atomic mass is 10.0. The summed E-state index contributed by atoms with van der Waals surface area (Å²) in [5, 5.41) is 0. The summed E-state index contributed by atoms with van der Waals surface area (Å²) in [4.78, 5) is 38.2. The molecule has 0 aliphatic carbocycles. The van der Waals surface area contributed by atoms with Crippen LogP contribution in [0.15, 0.2) is 36.5 Å². The largest absolute Gasteiger partial charge is 0.462 e. The molecular weight excluding hydrogens is 853 g/mol. The smallest absolute Gasteiger partial charge is 0.306 e. The standard InChI is InChI=1S/C63H116O6/c1-4-7-10-13-16-19-22-25-28-30-31-33-35-38-41-44-47-50-53-56-62(65)68-59-60(58-67-61(64)55-52-49-46-43-40-37-34-27-24-21-18-15-12-9-6-3)69-63(66)57-54-51-48-45-42-39-36-32-29-26-23-20-17-14-11-8-5-2/h16,19,21,24-25,28,60H,4-15,17-18,20,22-23,26-27,29-59H2,1-3H3/b19-16+,24-21+,28-25+/t60-/m1/s1. The minimum atomic E-state index is -0.773. The van der Waals surface area contributed by atoms with Crippen molar-refractivity contribution in [3.63, 3.8) is 0 Å². The number of allylic oxidation sites excluding steroid dienone is 6. The van der Waals surface area contributed by atoms with Crippen LogP contribution in [0.1, 0.15) is 329 Å². The fourth-order valence-corrected chi connectivity index (χ4v) is 9.00. The Balaban J connectivity index is 4.34. The molecule has 69 heavy (non-hydrogen) atoms. The van der Waals surface area contributed by atoms with Gasteiger partial charge in [0.15, 0.2) is 6.10 Å². The maximum Gasteiger partial charge on any atom is 0.306 e. The molecule has 0 saturated carbocycles. The molecule has 404 valence electrons. The van der Waals surface area contributed by atoms with Crippen LogP contribution in [0.4, 0.5) is 0 Å². The lowest BCUT2D eigenvalue weighted by Gasteiger charge is -2.18. The molecule has 0 aliphatic rings. The molecule has 0 N–H and O–H groups in total. The van der Waals surface area contributed by atoms with Crippen molar-refractivity contribution < 1.29 is 28.6 Å². The van der Waals surface area contributed by atoms with Gasteiger partial charge in [-0.05, 0) is 77.0 Å². The second kappa shape index (κ2) is 58.2. The van der Waals surface area contributed by atoms with Crippen LogP contribution in [-0.2, 0) is 28.6 Å². The summed E-state index contributed by atoms with van der Waals surface area (Å²) in [6.45, 7) is 6.65. The van der Waals surface area contributed by atoms with Crippen molar-refractivity contribution in [1.82, 2.24) is 0 Å². The topological polar surface area (TPSA) is 78.9 Å². The molecule has 0 amide bonds. The van der Waals surface area contributed by atoms with Crippen molar-refractivity contribution in [2.24, 2.45) is 0 Å². The van der Waals surface area contributed by atoms with E-state index in [1.807, 2.05) is 0 Å². The molecule has 0 saturated heterocycles. The van der Waals surface area contributed by atoms with E-state index < -0.39 is 6.10 Å². The average molecular weight is 970 g/mol. The van der Waals surface area contributed by atoms with Crippen LogP contribution in [0.2, 0.25) is 0 Å². The predicted molar refractivity (Wildman–Crippen MR) is 298 cm³/mol. The van der Waals surface area contributed by atoms with Crippen molar-refractivity contribution in [3.05, 3.63) is 36.5 Å². The van der Waals surface area contributed by atoms with Gasteiger partial charge >= 0.3 is 17.9 Å². The zero-order valence-corrected chi connectivity index (χ0v) is 46.3. The van der Waals surface area contributed by atoms with E-state index >= 15 is 0 Å². The molecule has 1 atom stereocenters. The molecule has 0 aromatic carbocycles. The normalized spacial score (nSPS) is 12.2. The SMILES string of the molecule is CCCCC/C=C/C/C=C/CCCCCCCCCCCC(=O)OC[C@@H](COC(=O)CCCCCCCCC/C=C/CCCCCC)OC(=O)CCCCCCCCCCCCCCCCCCC. The van der Waals surface area contributed by atoms with Gasteiger partial charge in [-0.15, -0.1) is 0 Å². The molecular formula is C63H116O6. The first-order valence-electron chi connectivity index (χ1n) is 30.5. The summed E-state index contributed by atoms with van der Waals surface area (Å²) < 4.78 is 16.9. The monoisotopic (exact) mass is 969 g/mol. The molecule has 0 heterocycles. The van der Waals surface area contributed by atoms with Gasteiger partial charge in [0.05, 0.1) is 0 Å². The molecule has 0 radical (unpaired) electrons. The Kier molecular flexibility index (Phi) is 56.2. The summed E-state index contributed by atoms with van der Waals surface area (Å²) in [5.74, 6) is -0.859. The number of hydrogen-bond donors (Lipinski definition) is 0. The molecule has 0 unspecified atom stereocenters. The Hall–Kier alpha value is -2.37. The first-order valence-corrected chi connectivity index (χ1v) is 30.5. The van der Waals surface area contributed by atoms with Gasteiger partial charge in [0.25, 0.3) is 0 Å². The first-order chi connectivity index (χ1) is 34.0. The molecule has 6 heteroatoms. The van der Waals surface area contributed by atoms with Crippen LogP contribution in [0.5, 0.6) is 0 Å². The van der Waals surface area contributed by atoms with E-state index in [0.29, 0.717) is 19.3 Å². The van der Waals surface area contributed by atoms with Crippen molar-refractivity contribution in [2.45, 2.75) is 335 Å². The quantitative estimate of drug-likeness (QED) is 0.0261. The summed E-state index contributed by atoms with van der Waals surface area (Å²) in [5.41, 5.74) is 0. The second-order valence-electron chi connectivity index (χ2n) is 20.6. The van der Waals surface area contributed by atoms with Gasteiger partial charge in [-0.2, -0.15) is 0 Å². The van der Waals surface area contributed by atoms with E-state index in [1.165, 1.54) is 225 Å². The zero-order chi connectivity index (χ0) is 50.0. The van der Waals surface area contributed by atoms with Gasteiger partial charge < -0.3 is 14.2 Å². The van der Waals surface area contributed by atoms with Crippen LogP contribution in [0.3, 0.4) is 0 Å². The van der Waals surface area contributed by atoms with Gasteiger partial charge in [0.2, 0.25) is 0 Å². The highest BCUT2D eigenvalue weighted by Gasteiger charge is 2.19. The third-order valence-corrected chi connectivity index (χ3v) is 13.6.